The lowest BCUT2D eigenvalue weighted by Gasteiger charge is -2.29. The Kier molecular flexibility index (Phi) is 7.79. The van der Waals surface area contributed by atoms with Crippen molar-refractivity contribution < 1.29 is 13.2 Å². The first-order valence-electron chi connectivity index (χ1n) is 9.84. The standard InChI is InChI=1S/C20H33N5O3S/c1-14(2)25(15(3)4)29(26,27)18-8-9-20(21-12-18)22-13-19-16(5)23-24(17(19)6)10-11-28-7/h8-9,12,14-15H,10-11,13H2,1-7H3,(H,21,22). The maximum absolute atomic E-state index is 12.9. The van der Waals surface area contributed by atoms with Crippen LogP contribution in [-0.4, -0.2) is 53.3 Å². The van der Waals surface area contributed by atoms with Crippen LogP contribution >= 0.6 is 0 Å². The Morgan fingerprint density at radius 2 is 1.83 bits per heavy atom. The van der Waals surface area contributed by atoms with Gasteiger partial charge in [0.15, 0.2) is 0 Å². The topological polar surface area (TPSA) is 89.3 Å². The molecular weight excluding hydrogens is 390 g/mol. The number of nitrogens with zero attached hydrogens (tertiary/aromatic N) is 4. The fourth-order valence-electron chi connectivity index (χ4n) is 3.47. The number of ether oxygens (including phenoxy) is 1. The number of pyridine rings is 1. The summed E-state index contributed by atoms with van der Waals surface area (Å²) in [7, 11) is -1.91. The first-order valence-corrected chi connectivity index (χ1v) is 11.3. The molecule has 0 atom stereocenters. The van der Waals surface area contributed by atoms with Crippen LogP contribution in [0.3, 0.4) is 0 Å². The second-order valence-corrected chi connectivity index (χ2v) is 9.46. The largest absolute Gasteiger partial charge is 0.383 e. The van der Waals surface area contributed by atoms with Gasteiger partial charge in [0.2, 0.25) is 10.0 Å². The van der Waals surface area contributed by atoms with E-state index >= 15 is 0 Å². The second-order valence-electron chi connectivity index (χ2n) is 7.62. The summed E-state index contributed by atoms with van der Waals surface area (Å²) in [6.45, 7) is 13.4. The highest BCUT2D eigenvalue weighted by Gasteiger charge is 2.29. The molecule has 0 saturated carbocycles. The van der Waals surface area contributed by atoms with Crippen molar-refractivity contribution in [3.8, 4) is 0 Å². The molecule has 8 nitrogen and oxygen atoms in total. The minimum atomic E-state index is -3.58. The Hall–Kier alpha value is -1.97. The molecule has 0 aromatic carbocycles. The average molecular weight is 424 g/mol. The fraction of sp³-hybridized carbons (Fsp3) is 0.600. The van der Waals surface area contributed by atoms with Gasteiger partial charge in [-0.15, -0.1) is 0 Å². The van der Waals surface area contributed by atoms with E-state index in [2.05, 4.69) is 15.4 Å². The van der Waals surface area contributed by atoms with Crippen molar-refractivity contribution in [2.45, 2.75) is 71.6 Å². The minimum absolute atomic E-state index is 0.126. The van der Waals surface area contributed by atoms with E-state index in [0.29, 0.717) is 25.5 Å². The van der Waals surface area contributed by atoms with E-state index in [9.17, 15) is 8.42 Å². The van der Waals surface area contributed by atoms with Crippen LogP contribution in [0, 0.1) is 13.8 Å². The van der Waals surface area contributed by atoms with Gasteiger partial charge in [0.05, 0.1) is 18.8 Å². The van der Waals surface area contributed by atoms with Crippen LogP contribution in [-0.2, 0) is 27.8 Å². The van der Waals surface area contributed by atoms with Crippen molar-refractivity contribution in [1.29, 1.82) is 0 Å². The van der Waals surface area contributed by atoms with Crippen molar-refractivity contribution in [2.75, 3.05) is 19.0 Å². The lowest BCUT2D eigenvalue weighted by molar-refractivity contribution is 0.182. The number of hydrogen-bond acceptors (Lipinski definition) is 6. The Morgan fingerprint density at radius 3 is 2.34 bits per heavy atom. The maximum Gasteiger partial charge on any atom is 0.245 e. The summed E-state index contributed by atoms with van der Waals surface area (Å²) >= 11 is 0. The number of sulfonamides is 1. The van der Waals surface area contributed by atoms with Crippen LogP contribution in [0.4, 0.5) is 5.82 Å². The molecule has 2 aromatic rings. The van der Waals surface area contributed by atoms with Gasteiger partial charge in [-0.2, -0.15) is 9.40 Å². The van der Waals surface area contributed by atoms with Gasteiger partial charge in [0, 0.05) is 43.2 Å². The van der Waals surface area contributed by atoms with Gasteiger partial charge in [0.25, 0.3) is 0 Å². The normalized spacial score (nSPS) is 12.3. The molecule has 0 saturated heterocycles. The van der Waals surface area contributed by atoms with Gasteiger partial charge in [-0.3, -0.25) is 4.68 Å². The zero-order valence-electron chi connectivity index (χ0n) is 18.4. The summed E-state index contributed by atoms with van der Waals surface area (Å²) in [5.74, 6) is 0.619. The Bertz CT molecular complexity index is 897. The van der Waals surface area contributed by atoms with E-state index in [4.69, 9.17) is 4.74 Å². The zero-order chi connectivity index (χ0) is 21.8. The molecule has 0 unspecified atom stereocenters. The van der Waals surface area contributed by atoms with Crippen LogP contribution in [0.2, 0.25) is 0 Å². The molecule has 0 spiro atoms. The highest BCUT2D eigenvalue weighted by atomic mass is 32.2. The van der Waals surface area contributed by atoms with Crippen molar-refractivity contribution in [1.82, 2.24) is 19.1 Å². The number of rotatable bonds is 10. The Balaban J connectivity index is 2.13. The molecule has 0 bridgehead atoms. The molecule has 0 radical (unpaired) electrons. The number of aryl methyl sites for hydroxylation is 1. The van der Waals surface area contributed by atoms with Crippen molar-refractivity contribution >= 4 is 15.8 Å². The molecular formula is C20H33N5O3S. The van der Waals surface area contributed by atoms with Crippen LogP contribution in [0.25, 0.3) is 0 Å². The zero-order valence-corrected chi connectivity index (χ0v) is 19.2. The van der Waals surface area contributed by atoms with Crippen LogP contribution < -0.4 is 5.32 Å². The molecule has 2 rings (SSSR count). The fourth-order valence-corrected chi connectivity index (χ4v) is 5.25. The molecule has 0 aliphatic carbocycles. The summed E-state index contributed by atoms with van der Waals surface area (Å²) < 4.78 is 34.4. The van der Waals surface area contributed by atoms with E-state index in [1.54, 1.807) is 19.2 Å². The van der Waals surface area contributed by atoms with E-state index in [1.807, 2.05) is 46.2 Å². The van der Waals surface area contributed by atoms with E-state index in [0.717, 1.165) is 17.0 Å². The SMILES string of the molecule is COCCn1nc(C)c(CNc2ccc(S(=O)(=O)N(C(C)C)C(C)C)cn2)c1C. The number of anilines is 1. The van der Waals surface area contributed by atoms with Gasteiger partial charge in [-0.25, -0.2) is 13.4 Å². The van der Waals surface area contributed by atoms with E-state index in [1.165, 1.54) is 10.5 Å². The summed E-state index contributed by atoms with van der Waals surface area (Å²) in [6, 6.07) is 3.05. The molecule has 1 N–H and O–H groups in total. The Morgan fingerprint density at radius 1 is 1.17 bits per heavy atom. The molecule has 0 amide bonds. The van der Waals surface area contributed by atoms with Crippen molar-refractivity contribution in [2.24, 2.45) is 0 Å². The third-order valence-corrected chi connectivity index (χ3v) is 7.05. The first kappa shape index (κ1) is 23.3. The molecule has 0 aliphatic heterocycles. The van der Waals surface area contributed by atoms with E-state index < -0.39 is 10.0 Å². The predicted molar refractivity (Wildman–Crippen MR) is 114 cm³/mol. The summed E-state index contributed by atoms with van der Waals surface area (Å²) in [5, 5.41) is 7.81. The van der Waals surface area contributed by atoms with Crippen LogP contribution in [0.5, 0.6) is 0 Å². The number of methoxy groups -OCH3 is 1. The van der Waals surface area contributed by atoms with Crippen molar-refractivity contribution in [3.63, 3.8) is 0 Å². The average Bonchev–Trinajstić information content (AvgIpc) is 2.90. The molecule has 9 heteroatoms. The maximum atomic E-state index is 12.9. The second kappa shape index (κ2) is 9.69. The number of nitrogens with one attached hydrogen (secondary N) is 1. The lowest BCUT2D eigenvalue weighted by atomic mass is 10.2. The molecule has 29 heavy (non-hydrogen) atoms. The van der Waals surface area contributed by atoms with Gasteiger partial charge in [-0.1, -0.05) is 0 Å². The van der Waals surface area contributed by atoms with Crippen molar-refractivity contribution in [3.05, 3.63) is 35.3 Å². The van der Waals surface area contributed by atoms with E-state index in [-0.39, 0.29) is 17.0 Å². The monoisotopic (exact) mass is 423 g/mol. The van der Waals surface area contributed by atoms with Crippen LogP contribution in [0.15, 0.2) is 23.2 Å². The third-order valence-electron chi connectivity index (χ3n) is 4.81. The molecule has 2 heterocycles. The van der Waals surface area contributed by atoms with Gasteiger partial charge < -0.3 is 10.1 Å². The quantitative estimate of drug-likeness (QED) is 0.632. The number of aromatic nitrogens is 3. The minimum Gasteiger partial charge on any atom is -0.383 e. The lowest BCUT2D eigenvalue weighted by Crippen LogP contribution is -2.41. The summed E-state index contributed by atoms with van der Waals surface area (Å²) in [6.07, 6.45) is 1.41. The molecule has 2 aromatic heterocycles. The first-order chi connectivity index (χ1) is 13.6. The number of hydrogen-bond donors (Lipinski definition) is 1. The van der Waals surface area contributed by atoms with Crippen LogP contribution in [0.1, 0.15) is 44.6 Å². The smallest absolute Gasteiger partial charge is 0.245 e. The molecule has 162 valence electrons. The summed E-state index contributed by atoms with van der Waals surface area (Å²) in [5.41, 5.74) is 3.14. The highest BCUT2D eigenvalue weighted by Crippen LogP contribution is 2.22. The molecule has 0 aliphatic rings. The predicted octanol–water partition coefficient (Wildman–Crippen LogP) is 2.96. The Labute approximate surface area is 174 Å². The van der Waals surface area contributed by atoms with Gasteiger partial charge in [-0.05, 0) is 53.7 Å². The highest BCUT2D eigenvalue weighted by molar-refractivity contribution is 7.89. The molecule has 0 fully saturated rings. The van der Waals surface area contributed by atoms with Gasteiger partial charge >= 0.3 is 0 Å². The summed E-state index contributed by atoms with van der Waals surface area (Å²) in [4.78, 5) is 4.51. The third kappa shape index (κ3) is 5.34. The van der Waals surface area contributed by atoms with Gasteiger partial charge in [0.1, 0.15) is 10.7 Å².